The first-order chi connectivity index (χ1) is 14.9. The smallest absolute Gasteiger partial charge is 0.324 e. The molecule has 0 saturated carbocycles. The summed E-state index contributed by atoms with van der Waals surface area (Å²) in [5, 5.41) is 5.01. The molecule has 0 bridgehead atoms. The summed E-state index contributed by atoms with van der Waals surface area (Å²) in [6.45, 7) is 4.12. The zero-order valence-electron chi connectivity index (χ0n) is 16.7. The number of hydrogen-bond acceptors (Lipinski definition) is 6. The molecule has 4 rings (SSSR count). The number of imide groups is 1. The number of benzene rings is 2. The van der Waals surface area contributed by atoms with Crippen LogP contribution >= 0.6 is 11.3 Å². The maximum atomic E-state index is 12.6. The highest BCUT2D eigenvalue weighted by molar-refractivity contribution is 7.14. The largest absolute Gasteiger partial charge is 0.366 e. The first kappa shape index (κ1) is 20.5. The zero-order valence-corrected chi connectivity index (χ0v) is 17.6. The van der Waals surface area contributed by atoms with Crippen LogP contribution in [0.15, 0.2) is 60.0 Å². The summed E-state index contributed by atoms with van der Waals surface area (Å²) in [6, 6.07) is 14.9. The van der Waals surface area contributed by atoms with Gasteiger partial charge in [-0.2, -0.15) is 0 Å². The van der Waals surface area contributed by atoms with Gasteiger partial charge >= 0.3 is 5.97 Å². The SMILES string of the molecule is CC(C)c1ccc(C(=O)Nc2sccc2C(=O)ON2C(=O)c3ccccc3C2=O)cc1. The maximum Gasteiger partial charge on any atom is 0.366 e. The predicted molar refractivity (Wildman–Crippen MR) is 115 cm³/mol. The van der Waals surface area contributed by atoms with E-state index in [-0.39, 0.29) is 27.6 Å². The van der Waals surface area contributed by atoms with Gasteiger partial charge in [-0.1, -0.05) is 43.2 Å². The molecule has 0 fully saturated rings. The Hall–Kier alpha value is -3.78. The Balaban J connectivity index is 1.48. The van der Waals surface area contributed by atoms with Crippen LogP contribution in [0.3, 0.4) is 0 Å². The molecule has 7 nitrogen and oxygen atoms in total. The summed E-state index contributed by atoms with van der Waals surface area (Å²) >= 11 is 1.13. The lowest BCUT2D eigenvalue weighted by Crippen LogP contribution is -2.32. The third-order valence-corrected chi connectivity index (χ3v) is 5.71. The monoisotopic (exact) mass is 434 g/mol. The molecule has 1 aliphatic rings. The van der Waals surface area contributed by atoms with Gasteiger partial charge in [-0.25, -0.2) is 4.79 Å². The van der Waals surface area contributed by atoms with Gasteiger partial charge < -0.3 is 10.2 Å². The summed E-state index contributed by atoms with van der Waals surface area (Å²) < 4.78 is 0. The van der Waals surface area contributed by atoms with E-state index in [1.165, 1.54) is 18.2 Å². The number of nitrogens with one attached hydrogen (secondary N) is 1. The standard InChI is InChI=1S/C23H18N2O5S/c1-13(2)14-7-9-15(10-8-14)19(26)24-20-18(11-12-31-20)23(29)30-25-21(27)16-5-3-4-6-17(16)22(25)28/h3-13H,1-2H3,(H,24,26). The molecule has 2 aromatic carbocycles. The van der Waals surface area contributed by atoms with Crippen LogP contribution in [0.2, 0.25) is 0 Å². The normalized spacial score (nSPS) is 12.8. The molecule has 0 unspecified atom stereocenters. The minimum Gasteiger partial charge on any atom is -0.324 e. The highest BCUT2D eigenvalue weighted by Gasteiger charge is 2.39. The molecule has 156 valence electrons. The predicted octanol–water partition coefficient (Wildman–Crippen LogP) is 4.49. The molecule has 0 aliphatic carbocycles. The molecule has 0 spiro atoms. The average Bonchev–Trinajstić information content (AvgIpc) is 3.32. The van der Waals surface area contributed by atoms with Crippen LogP contribution in [-0.4, -0.2) is 28.8 Å². The lowest BCUT2D eigenvalue weighted by molar-refractivity contribution is -0.0583. The van der Waals surface area contributed by atoms with Crippen LogP contribution in [0.25, 0.3) is 0 Å². The first-order valence-electron chi connectivity index (χ1n) is 9.55. The summed E-state index contributed by atoms with van der Waals surface area (Å²) in [7, 11) is 0. The van der Waals surface area contributed by atoms with Gasteiger partial charge in [0.1, 0.15) is 5.00 Å². The van der Waals surface area contributed by atoms with Gasteiger partial charge in [0.25, 0.3) is 17.7 Å². The van der Waals surface area contributed by atoms with Crippen LogP contribution in [0.4, 0.5) is 5.00 Å². The molecule has 0 saturated heterocycles. The van der Waals surface area contributed by atoms with Gasteiger partial charge in [0.2, 0.25) is 0 Å². The fraction of sp³-hybridized carbons (Fsp3) is 0.130. The lowest BCUT2D eigenvalue weighted by atomic mass is 10.0. The molecular weight excluding hydrogens is 416 g/mol. The van der Waals surface area contributed by atoms with Crippen molar-refractivity contribution in [1.82, 2.24) is 5.06 Å². The Labute approximate surface area is 182 Å². The minimum atomic E-state index is -0.916. The number of hydroxylamine groups is 2. The molecule has 8 heteroatoms. The van der Waals surface area contributed by atoms with Crippen molar-refractivity contribution in [2.24, 2.45) is 0 Å². The molecule has 2 heterocycles. The van der Waals surface area contributed by atoms with E-state index < -0.39 is 17.8 Å². The average molecular weight is 434 g/mol. The lowest BCUT2D eigenvalue weighted by Gasteiger charge is -2.13. The van der Waals surface area contributed by atoms with Crippen molar-refractivity contribution in [3.05, 3.63) is 87.8 Å². The maximum absolute atomic E-state index is 12.6. The third-order valence-electron chi connectivity index (χ3n) is 4.88. The fourth-order valence-electron chi connectivity index (χ4n) is 3.14. The van der Waals surface area contributed by atoms with Crippen molar-refractivity contribution >= 4 is 40.0 Å². The Bertz CT molecular complexity index is 1160. The van der Waals surface area contributed by atoms with Gasteiger partial charge in [0, 0.05) is 5.56 Å². The van der Waals surface area contributed by atoms with Crippen molar-refractivity contribution in [2.45, 2.75) is 19.8 Å². The molecule has 0 radical (unpaired) electrons. The number of rotatable bonds is 5. The first-order valence-corrected chi connectivity index (χ1v) is 10.4. The second-order valence-corrected chi connectivity index (χ2v) is 8.14. The number of carbonyl (C=O) groups is 4. The van der Waals surface area contributed by atoms with Crippen LogP contribution in [0.1, 0.15) is 66.8 Å². The number of carbonyl (C=O) groups excluding carboxylic acids is 4. The quantitative estimate of drug-likeness (QED) is 0.597. The van der Waals surface area contributed by atoms with E-state index in [1.54, 1.807) is 29.6 Å². The van der Waals surface area contributed by atoms with Crippen molar-refractivity contribution in [3.63, 3.8) is 0 Å². The Morgan fingerprint density at radius 1 is 0.935 bits per heavy atom. The van der Waals surface area contributed by atoms with Crippen LogP contribution < -0.4 is 5.32 Å². The van der Waals surface area contributed by atoms with E-state index in [0.717, 1.165) is 16.9 Å². The van der Waals surface area contributed by atoms with Crippen LogP contribution in [-0.2, 0) is 4.84 Å². The van der Waals surface area contributed by atoms with Crippen LogP contribution in [0.5, 0.6) is 0 Å². The molecule has 3 amide bonds. The van der Waals surface area contributed by atoms with E-state index >= 15 is 0 Å². The Morgan fingerprint density at radius 2 is 1.55 bits per heavy atom. The van der Waals surface area contributed by atoms with Crippen molar-refractivity contribution < 1.29 is 24.0 Å². The highest BCUT2D eigenvalue weighted by Crippen LogP contribution is 2.28. The number of thiophene rings is 1. The van der Waals surface area contributed by atoms with E-state index in [9.17, 15) is 19.2 Å². The molecular formula is C23H18N2O5S. The van der Waals surface area contributed by atoms with Crippen molar-refractivity contribution in [3.8, 4) is 0 Å². The zero-order chi connectivity index (χ0) is 22.1. The van der Waals surface area contributed by atoms with E-state index in [0.29, 0.717) is 16.5 Å². The summed E-state index contributed by atoms with van der Waals surface area (Å²) in [4.78, 5) is 55.1. The van der Waals surface area contributed by atoms with E-state index in [2.05, 4.69) is 19.2 Å². The number of nitrogens with zero attached hydrogens (tertiary/aromatic N) is 1. The molecule has 3 aromatic rings. The summed E-state index contributed by atoms with van der Waals surface area (Å²) in [6.07, 6.45) is 0. The van der Waals surface area contributed by atoms with Crippen molar-refractivity contribution in [1.29, 1.82) is 0 Å². The number of anilines is 1. The highest BCUT2D eigenvalue weighted by atomic mass is 32.1. The topological polar surface area (TPSA) is 92.8 Å². The number of amides is 3. The van der Waals surface area contributed by atoms with Gasteiger partial charge in [-0.05, 0) is 47.2 Å². The fourth-order valence-corrected chi connectivity index (χ4v) is 3.91. The van der Waals surface area contributed by atoms with E-state index in [4.69, 9.17) is 4.84 Å². The van der Waals surface area contributed by atoms with Crippen molar-refractivity contribution in [2.75, 3.05) is 5.32 Å². The molecule has 31 heavy (non-hydrogen) atoms. The second-order valence-electron chi connectivity index (χ2n) is 7.22. The Kier molecular flexibility index (Phi) is 5.39. The summed E-state index contributed by atoms with van der Waals surface area (Å²) in [5.41, 5.74) is 1.94. The van der Waals surface area contributed by atoms with E-state index in [1.807, 2.05) is 12.1 Å². The Morgan fingerprint density at radius 3 is 2.13 bits per heavy atom. The molecule has 0 atom stereocenters. The van der Waals surface area contributed by atoms with Crippen LogP contribution in [0, 0.1) is 0 Å². The minimum absolute atomic E-state index is 0.0497. The third kappa shape index (κ3) is 3.85. The molecule has 1 aliphatic heterocycles. The molecule has 1 N–H and O–H groups in total. The number of fused-ring (bicyclic) bond motifs is 1. The summed E-state index contributed by atoms with van der Waals surface area (Å²) in [5.74, 6) is -2.37. The van der Waals surface area contributed by atoms with Gasteiger partial charge in [0.05, 0.1) is 16.7 Å². The molecule has 1 aromatic heterocycles. The number of hydrogen-bond donors (Lipinski definition) is 1. The second kappa shape index (κ2) is 8.16. The van der Waals surface area contributed by atoms with Gasteiger partial charge in [-0.15, -0.1) is 11.3 Å². The van der Waals surface area contributed by atoms with Gasteiger partial charge in [-0.3, -0.25) is 14.4 Å². The van der Waals surface area contributed by atoms with Gasteiger partial charge in [0.15, 0.2) is 0 Å².